The van der Waals surface area contributed by atoms with E-state index in [0.29, 0.717) is 11.4 Å². The van der Waals surface area contributed by atoms with Crippen molar-refractivity contribution >= 4 is 11.7 Å². The molecule has 1 N–H and O–H groups in total. The van der Waals surface area contributed by atoms with E-state index in [9.17, 15) is 4.79 Å². The zero-order valence-corrected chi connectivity index (χ0v) is 12.4. The van der Waals surface area contributed by atoms with Crippen LogP contribution in [-0.4, -0.2) is 34.9 Å². The molecule has 0 aliphatic heterocycles. The molecule has 0 radical (unpaired) electrons. The van der Waals surface area contributed by atoms with Crippen molar-refractivity contribution in [1.29, 1.82) is 0 Å². The second-order valence-electron chi connectivity index (χ2n) is 4.92. The van der Waals surface area contributed by atoms with Gasteiger partial charge in [-0.3, -0.25) is 4.79 Å². The molecule has 19 heavy (non-hydrogen) atoms. The van der Waals surface area contributed by atoms with E-state index in [1.807, 2.05) is 30.9 Å². The number of nitrogens with zero attached hydrogens (tertiary/aromatic N) is 2. The summed E-state index contributed by atoms with van der Waals surface area (Å²) in [6.45, 7) is 9.87. The summed E-state index contributed by atoms with van der Waals surface area (Å²) in [6.07, 6.45) is 3.68. The van der Waals surface area contributed by atoms with Gasteiger partial charge in [-0.15, -0.1) is 0 Å². The van der Waals surface area contributed by atoms with Crippen molar-refractivity contribution in [2.24, 2.45) is 0 Å². The highest BCUT2D eigenvalue weighted by molar-refractivity contribution is 5.98. The molecule has 1 amide bonds. The van der Waals surface area contributed by atoms with Crippen LogP contribution in [0.15, 0.2) is 18.3 Å². The number of anilines is 1. The fourth-order valence-electron chi connectivity index (χ4n) is 1.95. The Morgan fingerprint density at radius 3 is 2.68 bits per heavy atom. The topological polar surface area (TPSA) is 45.2 Å². The summed E-state index contributed by atoms with van der Waals surface area (Å²) in [7, 11) is 0. The monoisotopic (exact) mass is 263 g/mol. The van der Waals surface area contributed by atoms with Gasteiger partial charge < -0.3 is 10.2 Å². The minimum Gasteiger partial charge on any atom is -0.369 e. The summed E-state index contributed by atoms with van der Waals surface area (Å²) in [4.78, 5) is 18.8. The number of nitrogens with one attached hydrogen (secondary N) is 1. The van der Waals surface area contributed by atoms with Gasteiger partial charge in [0.05, 0.1) is 5.56 Å². The number of rotatable bonds is 7. The van der Waals surface area contributed by atoms with E-state index >= 15 is 0 Å². The molecule has 4 heteroatoms. The Morgan fingerprint density at radius 2 is 2.11 bits per heavy atom. The van der Waals surface area contributed by atoms with Crippen LogP contribution in [0.5, 0.6) is 0 Å². The van der Waals surface area contributed by atoms with Crippen LogP contribution >= 0.6 is 0 Å². The number of aromatic nitrogens is 1. The Hall–Kier alpha value is -1.58. The minimum atomic E-state index is 0.0588. The summed E-state index contributed by atoms with van der Waals surface area (Å²) < 4.78 is 0. The molecular formula is C15H25N3O. The molecule has 0 aromatic carbocycles. The Balaban J connectivity index is 2.96. The van der Waals surface area contributed by atoms with Crippen molar-refractivity contribution in [3.8, 4) is 0 Å². The Labute approximate surface area is 116 Å². The third-order valence-corrected chi connectivity index (χ3v) is 2.93. The molecule has 0 saturated carbocycles. The standard InChI is InChI=1S/C15H25N3O/c1-5-9-16-14-13(8-7-10-17-14)15(19)18(11-6-2)12(3)4/h7-8,10,12H,5-6,9,11H2,1-4H3,(H,16,17). The lowest BCUT2D eigenvalue weighted by molar-refractivity contribution is 0.0706. The summed E-state index contributed by atoms with van der Waals surface area (Å²) in [5, 5.41) is 3.22. The largest absolute Gasteiger partial charge is 0.369 e. The Morgan fingerprint density at radius 1 is 1.37 bits per heavy atom. The maximum atomic E-state index is 12.6. The predicted octanol–water partition coefficient (Wildman–Crippen LogP) is 3.16. The van der Waals surface area contributed by atoms with Crippen LogP contribution in [0.2, 0.25) is 0 Å². The number of hydrogen-bond acceptors (Lipinski definition) is 3. The molecule has 0 bridgehead atoms. The minimum absolute atomic E-state index is 0.0588. The zero-order chi connectivity index (χ0) is 14.3. The number of pyridine rings is 1. The molecule has 1 heterocycles. The Kier molecular flexibility index (Phi) is 6.33. The first-order valence-corrected chi connectivity index (χ1v) is 7.11. The highest BCUT2D eigenvalue weighted by Crippen LogP contribution is 2.16. The van der Waals surface area contributed by atoms with E-state index in [2.05, 4.69) is 24.1 Å². The van der Waals surface area contributed by atoms with Gasteiger partial charge in [-0.25, -0.2) is 4.98 Å². The number of amides is 1. The third-order valence-electron chi connectivity index (χ3n) is 2.93. The van der Waals surface area contributed by atoms with Crippen molar-refractivity contribution in [1.82, 2.24) is 9.88 Å². The van der Waals surface area contributed by atoms with Gasteiger partial charge in [-0.2, -0.15) is 0 Å². The van der Waals surface area contributed by atoms with Crippen molar-refractivity contribution < 1.29 is 4.79 Å². The van der Waals surface area contributed by atoms with Crippen LogP contribution in [0.25, 0.3) is 0 Å². The lowest BCUT2D eigenvalue weighted by Crippen LogP contribution is -2.38. The van der Waals surface area contributed by atoms with Gasteiger partial charge >= 0.3 is 0 Å². The summed E-state index contributed by atoms with van der Waals surface area (Å²) in [6, 6.07) is 3.86. The molecule has 0 aliphatic rings. The van der Waals surface area contributed by atoms with E-state index < -0.39 is 0 Å². The summed E-state index contributed by atoms with van der Waals surface area (Å²) in [5.41, 5.74) is 0.665. The molecule has 0 unspecified atom stereocenters. The van der Waals surface area contributed by atoms with Crippen LogP contribution < -0.4 is 5.32 Å². The number of hydrogen-bond donors (Lipinski definition) is 1. The summed E-state index contributed by atoms with van der Waals surface area (Å²) >= 11 is 0. The van der Waals surface area contributed by atoms with Gasteiger partial charge in [0.1, 0.15) is 5.82 Å². The van der Waals surface area contributed by atoms with Crippen LogP contribution in [0, 0.1) is 0 Å². The predicted molar refractivity (Wildman–Crippen MR) is 79.5 cm³/mol. The van der Waals surface area contributed by atoms with Gasteiger partial charge in [-0.05, 0) is 38.8 Å². The molecule has 1 aromatic rings. The van der Waals surface area contributed by atoms with Gasteiger partial charge in [0.15, 0.2) is 0 Å². The SMILES string of the molecule is CCCNc1ncccc1C(=O)N(CCC)C(C)C. The fraction of sp³-hybridized carbons (Fsp3) is 0.600. The van der Waals surface area contributed by atoms with Crippen molar-refractivity contribution in [2.75, 3.05) is 18.4 Å². The van der Waals surface area contributed by atoms with Crippen molar-refractivity contribution in [2.45, 2.75) is 46.6 Å². The van der Waals surface area contributed by atoms with E-state index in [0.717, 1.165) is 25.9 Å². The lowest BCUT2D eigenvalue weighted by atomic mass is 10.2. The van der Waals surface area contributed by atoms with Crippen LogP contribution in [-0.2, 0) is 0 Å². The molecule has 4 nitrogen and oxygen atoms in total. The van der Waals surface area contributed by atoms with Crippen LogP contribution in [0.1, 0.15) is 50.9 Å². The van der Waals surface area contributed by atoms with Gasteiger partial charge in [0.2, 0.25) is 0 Å². The average molecular weight is 263 g/mol. The molecule has 0 fully saturated rings. The van der Waals surface area contributed by atoms with E-state index in [-0.39, 0.29) is 11.9 Å². The van der Waals surface area contributed by atoms with Crippen LogP contribution in [0.4, 0.5) is 5.82 Å². The first-order valence-electron chi connectivity index (χ1n) is 7.11. The maximum Gasteiger partial charge on any atom is 0.257 e. The number of carbonyl (C=O) groups excluding carboxylic acids is 1. The van der Waals surface area contributed by atoms with Crippen molar-refractivity contribution in [3.05, 3.63) is 23.9 Å². The normalized spacial score (nSPS) is 10.6. The third kappa shape index (κ3) is 4.23. The van der Waals surface area contributed by atoms with E-state index in [1.54, 1.807) is 6.20 Å². The molecule has 0 atom stereocenters. The fourth-order valence-corrected chi connectivity index (χ4v) is 1.95. The zero-order valence-electron chi connectivity index (χ0n) is 12.4. The van der Waals surface area contributed by atoms with Crippen LogP contribution in [0.3, 0.4) is 0 Å². The first-order chi connectivity index (χ1) is 9.11. The van der Waals surface area contributed by atoms with Gasteiger partial charge in [0.25, 0.3) is 5.91 Å². The first kappa shape index (κ1) is 15.5. The molecule has 1 rings (SSSR count). The second kappa shape index (κ2) is 7.77. The lowest BCUT2D eigenvalue weighted by Gasteiger charge is -2.27. The second-order valence-corrected chi connectivity index (χ2v) is 4.92. The van der Waals surface area contributed by atoms with E-state index in [1.165, 1.54) is 0 Å². The smallest absolute Gasteiger partial charge is 0.257 e. The highest BCUT2D eigenvalue weighted by Gasteiger charge is 2.20. The maximum absolute atomic E-state index is 12.6. The van der Waals surface area contributed by atoms with Crippen molar-refractivity contribution in [3.63, 3.8) is 0 Å². The van der Waals surface area contributed by atoms with E-state index in [4.69, 9.17) is 0 Å². The highest BCUT2D eigenvalue weighted by atomic mass is 16.2. The summed E-state index contributed by atoms with van der Waals surface area (Å²) in [5.74, 6) is 0.750. The van der Waals surface area contributed by atoms with Gasteiger partial charge in [-0.1, -0.05) is 13.8 Å². The average Bonchev–Trinajstić information content (AvgIpc) is 2.41. The quantitative estimate of drug-likeness (QED) is 0.822. The molecule has 0 spiro atoms. The molecule has 106 valence electrons. The van der Waals surface area contributed by atoms with Gasteiger partial charge in [0, 0.05) is 25.3 Å². The Bertz CT molecular complexity index is 404. The number of carbonyl (C=O) groups is 1. The molecular weight excluding hydrogens is 238 g/mol. The molecule has 1 aromatic heterocycles. The molecule has 0 aliphatic carbocycles. The molecule has 0 saturated heterocycles.